The van der Waals surface area contributed by atoms with E-state index in [-0.39, 0.29) is 10.6 Å². The van der Waals surface area contributed by atoms with Gasteiger partial charge < -0.3 is 0 Å². The fourth-order valence-corrected chi connectivity index (χ4v) is 6.61. The number of anilines is 2. The quantitative estimate of drug-likeness (QED) is 0.141. The number of hydrogen-bond donors (Lipinski definition) is 2. The summed E-state index contributed by atoms with van der Waals surface area (Å²) in [5.74, 6) is 0.881. The summed E-state index contributed by atoms with van der Waals surface area (Å²) in [6.07, 6.45) is 11.4. The van der Waals surface area contributed by atoms with Crippen LogP contribution in [0.1, 0.15) is 80.5 Å². The Labute approximate surface area is 243 Å². The van der Waals surface area contributed by atoms with Crippen molar-refractivity contribution in [2.45, 2.75) is 90.5 Å². The van der Waals surface area contributed by atoms with Gasteiger partial charge in [-0.25, -0.2) is 17.2 Å². The minimum absolute atomic E-state index is 0.127. The van der Waals surface area contributed by atoms with Crippen LogP contribution in [0.4, 0.5) is 11.4 Å². The molecule has 7 nitrogen and oxygen atoms in total. The van der Waals surface area contributed by atoms with Gasteiger partial charge in [0.2, 0.25) is 0 Å². The van der Waals surface area contributed by atoms with Gasteiger partial charge in [-0.2, -0.15) is 4.28 Å². The lowest BCUT2D eigenvalue weighted by Gasteiger charge is -2.16. The summed E-state index contributed by atoms with van der Waals surface area (Å²) in [7, 11) is -3.83. The average molecular weight is 587 g/mol. The van der Waals surface area contributed by atoms with Crippen LogP contribution in [0.15, 0.2) is 65.8 Å². The van der Waals surface area contributed by atoms with E-state index in [9.17, 15) is 12.6 Å². The second kappa shape index (κ2) is 15.3. The molecule has 3 aromatic rings. The molecule has 0 radical (unpaired) electrons. The van der Waals surface area contributed by atoms with Gasteiger partial charge in [0.25, 0.3) is 10.0 Å². The third kappa shape index (κ3) is 9.14. The van der Waals surface area contributed by atoms with E-state index in [1.807, 2.05) is 30.5 Å². The van der Waals surface area contributed by atoms with Gasteiger partial charge in [0.15, 0.2) is 30.0 Å². The van der Waals surface area contributed by atoms with E-state index in [2.05, 4.69) is 48.6 Å². The smallest absolute Gasteiger partial charge is 0.262 e. The number of hydrogen-bond acceptors (Lipinski definition) is 5. The maximum atomic E-state index is 13.1. The molecule has 3 rings (SSSR count). The SMILES string of the molecule is CCCCC(CCCC)c1cc[n+](CCS(=O)ONc2c(C)ccc(S(=O)(=O)Nc3ccc(C)cc3)c2C)cc1. The topological polar surface area (TPSA) is 88.4 Å². The normalized spacial score (nSPS) is 12.4. The second-order valence-electron chi connectivity index (χ2n) is 10.4. The Bertz CT molecular complexity index is 1350. The lowest BCUT2D eigenvalue weighted by Crippen LogP contribution is -2.36. The zero-order chi connectivity index (χ0) is 29.1. The Morgan fingerprint density at radius 1 is 0.900 bits per heavy atom. The zero-order valence-corrected chi connectivity index (χ0v) is 26.0. The number of nitrogens with one attached hydrogen (secondary N) is 2. The molecular weight excluding hydrogens is 542 g/mol. The third-order valence-corrected chi connectivity index (χ3v) is 9.48. The molecule has 0 aliphatic heterocycles. The minimum Gasteiger partial charge on any atom is -0.280 e. The molecule has 0 bridgehead atoms. The van der Waals surface area contributed by atoms with Gasteiger partial charge in [0.1, 0.15) is 5.75 Å². The van der Waals surface area contributed by atoms with E-state index in [0.717, 1.165) is 11.1 Å². The highest BCUT2D eigenvalue weighted by Gasteiger charge is 2.21. The summed E-state index contributed by atoms with van der Waals surface area (Å²) in [4.78, 5) is 0.127. The summed E-state index contributed by atoms with van der Waals surface area (Å²) in [6, 6.07) is 14.8. The fourth-order valence-electron chi connectivity index (χ4n) is 4.69. The van der Waals surface area contributed by atoms with Crippen LogP contribution in [-0.4, -0.2) is 18.4 Å². The van der Waals surface area contributed by atoms with Crippen LogP contribution in [0.5, 0.6) is 0 Å². The number of nitrogens with zero attached hydrogens (tertiary/aromatic N) is 1. The molecule has 0 amide bonds. The lowest BCUT2D eigenvalue weighted by molar-refractivity contribution is -0.692. The van der Waals surface area contributed by atoms with Crippen molar-refractivity contribution in [2.75, 3.05) is 16.0 Å². The number of aromatic nitrogens is 1. The van der Waals surface area contributed by atoms with Crippen molar-refractivity contribution >= 4 is 32.5 Å². The van der Waals surface area contributed by atoms with Gasteiger partial charge >= 0.3 is 0 Å². The Kier molecular flexibility index (Phi) is 12.2. The second-order valence-corrected chi connectivity index (χ2v) is 13.2. The van der Waals surface area contributed by atoms with Crippen LogP contribution in [0, 0.1) is 20.8 Å². The molecule has 2 aromatic carbocycles. The highest BCUT2D eigenvalue weighted by atomic mass is 32.2. The Hall–Kier alpha value is -2.75. The molecule has 0 saturated carbocycles. The van der Waals surface area contributed by atoms with Crippen LogP contribution in [-0.2, 0) is 31.9 Å². The predicted octanol–water partition coefficient (Wildman–Crippen LogP) is 6.87. The first-order valence-corrected chi connectivity index (χ1v) is 16.9. The van der Waals surface area contributed by atoms with Crippen molar-refractivity contribution in [3.05, 3.63) is 83.2 Å². The van der Waals surface area contributed by atoms with E-state index >= 15 is 0 Å². The zero-order valence-electron chi connectivity index (χ0n) is 24.4. The van der Waals surface area contributed by atoms with Gasteiger partial charge in [-0.05, 0) is 74.4 Å². The maximum absolute atomic E-state index is 13.1. The Morgan fingerprint density at radius 3 is 2.12 bits per heavy atom. The van der Waals surface area contributed by atoms with Crippen LogP contribution in [0.25, 0.3) is 0 Å². The van der Waals surface area contributed by atoms with E-state index in [4.69, 9.17) is 4.28 Å². The number of aryl methyl sites for hydroxylation is 3. The third-order valence-electron chi connectivity index (χ3n) is 7.17. The summed E-state index contributed by atoms with van der Waals surface area (Å²) < 4.78 is 48.9. The summed E-state index contributed by atoms with van der Waals surface area (Å²) in [5.41, 5.74) is 7.42. The van der Waals surface area contributed by atoms with Crippen molar-refractivity contribution in [3.63, 3.8) is 0 Å². The molecule has 9 heteroatoms. The number of benzene rings is 2. The van der Waals surface area contributed by atoms with Crippen LogP contribution >= 0.6 is 0 Å². The Balaban J connectivity index is 1.59. The first-order valence-electron chi connectivity index (χ1n) is 14.1. The Morgan fingerprint density at radius 2 is 1.52 bits per heavy atom. The molecule has 1 aromatic heterocycles. The molecule has 218 valence electrons. The van der Waals surface area contributed by atoms with E-state index < -0.39 is 21.1 Å². The van der Waals surface area contributed by atoms with E-state index in [1.54, 1.807) is 31.2 Å². The summed E-state index contributed by atoms with van der Waals surface area (Å²) >= 11 is -1.62. The lowest BCUT2D eigenvalue weighted by atomic mass is 9.90. The van der Waals surface area contributed by atoms with E-state index in [0.29, 0.717) is 29.4 Å². The van der Waals surface area contributed by atoms with Crippen molar-refractivity contribution < 1.29 is 21.5 Å². The van der Waals surface area contributed by atoms with Crippen molar-refractivity contribution in [1.29, 1.82) is 0 Å². The van der Waals surface area contributed by atoms with Gasteiger partial charge in [0, 0.05) is 17.8 Å². The number of pyridine rings is 1. The summed E-state index contributed by atoms with van der Waals surface area (Å²) in [6.45, 7) is 10.5. The van der Waals surface area contributed by atoms with Crippen LogP contribution in [0.3, 0.4) is 0 Å². The molecule has 1 heterocycles. The highest BCUT2D eigenvalue weighted by Crippen LogP contribution is 2.29. The molecular formula is C31H44N3O4S2+. The number of sulfonamides is 1. The number of unbranched alkanes of at least 4 members (excludes halogenated alkanes) is 2. The average Bonchev–Trinajstić information content (AvgIpc) is 2.93. The maximum Gasteiger partial charge on any atom is 0.262 e. The van der Waals surface area contributed by atoms with Gasteiger partial charge in [-0.15, -0.1) is 0 Å². The van der Waals surface area contributed by atoms with Crippen molar-refractivity contribution in [3.8, 4) is 0 Å². The first-order chi connectivity index (χ1) is 19.1. The predicted molar refractivity (Wildman–Crippen MR) is 164 cm³/mol. The minimum atomic E-state index is -3.83. The van der Waals surface area contributed by atoms with E-state index in [1.165, 1.54) is 44.1 Å². The molecule has 0 saturated heterocycles. The molecule has 0 fully saturated rings. The molecule has 40 heavy (non-hydrogen) atoms. The van der Waals surface area contributed by atoms with Crippen LogP contribution < -0.4 is 14.8 Å². The molecule has 0 aliphatic rings. The fraction of sp³-hybridized carbons (Fsp3) is 0.452. The van der Waals surface area contributed by atoms with Crippen molar-refractivity contribution in [1.82, 2.24) is 0 Å². The van der Waals surface area contributed by atoms with Gasteiger partial charge in [0.05, 0.1) is 10.6 Å². The highest BCUT2D eigenvalue weighted by molar-refractivity contribution is 7.92. The standard InChI is InChI=1S/C31H44N3O4S2/c1-6-8-10-27(11-9-7-2)28-18-20-34(21-19-28)22-23-39(35)38-32-31-25(4)14-17-30(26(31)5)40(36,37)33-29-15-12-24(3)13-16-29/h12-21,27,32-33H,6-11,22-23H2,1-5H3/q+1. The molecule has 1 atom stereocenters. The largest absolute Gasteiger partial charge is 0.280 e. The molecule has 0 spiro atoms. The monoisotopic (exact) mass is 586 g/mol. The first kappa shape index (κ1) is 31.8. The molecule has 0 aliphatic carbocycles. The summed E-state index contributed by atoms with van der Waals surface area (Å²) in [5, 5.41) is 0. The van der Waals surface area contributed by atoms with Gasteiger partial charge in [-0.1, -0.05) is 63.3 Å². The molecule has 1 unspecified atom stereocenters. The molecule has 2 N–H and O–H groups in total. The van der Waals surface area contributed by atoms with Gasteiger partial charge in [-0.3, -0.25) is 10.2 Å². The van der Waals surface area contributed by atoms with Crippen LogP contribution in [0.2, 0.25) is 0 Å². The van der Waals surface area contributed by atoms with Crippen molar-refractivity contribution in [2.24, 2.45) is 0 Å². The number of rotatable bonds is 16.